The van der Waals surface area contributed by atoms with Gasteiger partial charge in [0.05, 0.1) is 6.61 Å². The summed E-state index contributed by atoms with van der Waals surface area (Å²) in [5, 5.41) is 0.741. The molecule has 1 fully saturated rings. The lowest BCUT2D eigenvalue weighted by Crippen LogP contribution is -2.55. The largest absolute Gasteiger partial charge is 0.383 e. The lowest BCUT2D eigenvalue weighted by atomic mass is 9.94. The van der Waals surface area contributed by atoms with E-state index in [9.17, 15) is 0 Å². The molecule has 1 saturated heterocycles. The van der Waals surface area contributed by atoms with Crippen LogP contribution in [0.4, 0.5) is 0 Å². The highest BCUT2D eigenvalue weighted by molar-refractivity contribution is 8.00. The average molecular weight is 232 g/mol. The van der Waals surface area contributed by atoms with E-state index in [-0.39, 0.29) is 5.54 Å². The maximum absolute atomic E-state index is 5.98. The van der Waals surface area contributed by atoms with Crippen molar-refractivity contribution in [3.8, 4) is 0 Å². The highest BCUT2D eigenvalue weighted by Gasteiger charge is 2.40. The van der Waals surface area contributed by atoms with Gasteiger partial charge in [0.2, 0.25) is 0 Å². The van der Waals surface area contributed by atoms with Crippen LogP contribution in [0.5, 0.6) is 0 Å². The van der Waals surface area contributed by atoms with Crippen molar-refractivity contribution in [2.24, 2.45) is 5.73 Å². The summed E-state index contributed by atoms with van der Waals surface area (Å²) >= 11 is 2.04. The summed E-state index contributed by atoms with van der Waals surface area (Å²) in [6, 6.07) is 0. The smallest absolute Gasteiger partial charge is 0.0589 e. The van der Waals surface area contributed by atoms with Crippen molar-refractivity contribution < 1.29 is 4.74 Å². The Balaban J connectivity index is 2.61. The first-order valence-corrected chi connectivity index (χ1v) is 6.79. The number of hydrogen-bond acceptors (Lipinski definition) is 4. The monoisotopic (exact) mass is 232 g/mol. The van der Waals surface area contributed by atoms with Crippen LogP contribution in [0.3, 0.4) is 0 Å². The second-order valence-corrected chi connectivity index (χ2v) is 5.75. The van der Waals surface area contributed by atoms with Crippen LogP contribution in [-0.4, -0.2) is 54.8 Å². The normalized spacial score (nSPS) is 31.4. The van der Waals surface area contributed by atoms with Crippen molar-refractivity contribution in [3.63, 3.8) is 0 Å². The summed E-state index contributed by atoms with van der Waals surface area (Å²) in [7, 11) is 1.76. The molecule has 90 valence electrons. The van der Waals surface area contributed by atoms with Gasteiger partial charge < -0.3 is 10.5 Å². The lowest BCUT2D eigenvalue weighted by Gasteiger charge is -2.39. The van der Waals surface area contributed by atoms with E-state index >= 15 is 0 Å². The molecule has 1 rings (SSSR count). The molecule has 0 bridgehead atoms. The maximum Gasteiger partial charge on any atom is 0.0589 e. The number of rotatable bonds is 6. The molecule has 0 spiro atoms. The molecule has 2 atom stereocenters. The molecule has 0 aliphatic carbocycles. The molecule has 15 heavy (non-hydrogen) atoms. The minimum atomic E-state index is 0.220. The summed E-state index contributed by atoms with van der Waals surface area (Å²) in [5.41, 5.74) is 6.20. The van der Waals surface area contributed by atoms with Crippen LogP contribution < -0.4 is 5.73 Å². The quantitative estimate of drug-likeness (QED) is 0.746. The minimum absolute atomic E-state index is 0.220. The van der Waals surface area contributed by atoms with Gasteiger partial charge in [0.25, 0.3) is 0 Å². The molecule has 0 amide bonds. The first-order valence-electron chi connectivity index (χ1n) is 5.74. The average Bonchev–Trinajstić information content (AvgIpc) is 2.63. The van der Waals surface area contributed by atoms with Crippen LogP contribution in [-0.2, 0) is 4.74 Å². The molecule has 0 aromatic heterocycles. The van der Waals surface area contributed by atoms with Gasteiger partial charge in [0.15, 0.2) is 0 Å². The number of methoxy groups -OCH3 is 1. The van der Waals surface area contributed by atoms with E-state index in [4.69, 9.17) is 10.5 Å². The summed E-state index contributed by atoms with van der Waals surface area (Å²) in [6.45, 7) is 8.13. The van der Waals surface area contributed by atoms with Crippen LogP contribution in [0, 0.1) is 0 Å². The van der Waals surface area contributed by atoms with E-state index in [2.05, 4.69) is 18.7 Å². The van der Waals surface area contributed by atoms with Crippen LogP contribution in [0.2, 0.25) is 0 Å². The number of nitrogens with two attached hydrogens (primary N) is 1. The summed E-state index contributed by atoms with van der Waals surface area (Å²) in [6.07, 6.45) is 1.21. The molecule has 0 aromatic carbocycles. The van der Waals surface area contributed by atoms with Crippen molar-refractivity contribution in [3.05, 3.63) is 0 Å². The number of likely N-dealkylation sites (N-methyl/N-ethyl adjacent to an activating group) is 1. The number of hydrogen-bond donors (Lipinski definition) is 1. The van der Waals surface area contributed by atoms with Gasteiger partial charge in [-0.25, -0.2) is 0 Å². The molecule has 2 unspecified atom stereocenters. The van der Waals surface area contributed by atoms with E-state index < -0.39 is 0 Å². The van der Waals surface area contributed by atoms with Gasteiger partial charge >= 0.3 is 0 Å². The topological polar surface area (TPSA) is 38.5 Å². The zero-order chi connectivity index (χ0) is 11.3. The highest BCUT2D eigenvalue weighted by atomic mass is 32.2. The Bertz CT molecular complexity index is 191. The Hall–Kier alpha value is 0.230. The summed E-state index contributed by atoms with van der Waals surface area (Å²) in [4.78, 5) is 2.49. The van der Waals surface area contributed by atoms with Gasteiger partial charge in [-0.3, -0.25) is 4.90 Å². The Kier molecular flexibility index (Phi) is 5.39. The Morgan fingerprint density at radius 3 is 2.73 bits per heavy atom. The molecule has 0 radical (unpaired) electrons. The van der Waals surface area contributed by atoms with E-state index in [1.807, 2.05) is 11.8 Å². The fourth-order valence-electron chi connectivity index (χ4n) is 2.37. The van der Waals surface area contributed by atoms with Crippen molar-refractivity contribution >= 4 is 11.8 Å². The molecule has 0 aromatic rings. The van der Waals surface area contributed by atoms with Gasteiger partial charge in [-0.1, -0.05) is 13.8 Å². The third-order valence-corrected chi connectivity index (χ3v) is 4.74. The van der Waals surface area contributed by atoms with Crippen LogP contribution in [0.1, 0.15) is 20.3 Å². The number of ether oxygens (including phenoxy) is 1. The second kappa shape index (κ2) is 6.09. The zero-order valence-electron chi connectivity index (χ0n) is 10.2. The van der Waals surface area contributed by atoms with Gasteiger partial charge in [0.1, 0.15) is 0 Å². The highest BCUT2D eigenvalue weighted by Crippen LogP contribution is 2.37. The van der Waals surface area contributed by atoms with Crippen LogP contribution in [0.15, 0.2) is 0 Å². The standard InChI is InChI=1S/C11H24N2OS/c1-4-13(5-6-14-3)11(8-12)7-10(2)15-9-11/h10H,4-9,12H2,1-3H3. The lowest BCUT2D eigenvalue weighted by molar-refractivity contribution is 0.0773. The molecule has 2 N–H and O–H groups in total. The van der Waals surface area contributed by atoms with Gasteiger partial charge in [-0.2, -0.15) is 11.8 Å². The fourth-order valence-corrected chi connectivity index (χ4v) is 3.82. The maximum atomic E-state index is 5.98. The molecular formula is C11H24N2OS. The van der Waals surface area contributed by atoms with Crippen LogP contribution in [0.25, 0.3) is 0 Å². The van der Waals surface area contributed by atoms with E-state index in [1.165, 1.54) is 12.2 Å². The molecule has 4 heteroatoms. The third kappa shape index (κ3) is 3.09. The van der Waals surface area contributed by atoms with E-state index in [0.717, 1.165) is 31.5 Å². The molecule has 3 nitrogen and oxygen atoms in total. The van der Waals surface area contributed by atoms with Crippen molar-refractivity contribution in [1.29, 1.82) is 0 Å². The SMILES string of the molecule is CCN(CCOC)C1(CN)CSC(C)C1. The first-order chi connectivity index (χ1) is 7.18. The summed E-state index contributed by atoms with van der Waals surface area (Å²) in [5.74, 6) is 1.17. The van der Waals surface area contributed by atoms with Gasteiger partial charge in [-0.05, 0) is 13.0 Å². The van der Waals surface area contributed by atoms with Gasteiger partial charge in [0, 0.05) is 36.7 Å². The van der Waals surface area contributed by atoms with Crippen molar-refractivity contribution in [2.75, 3.05) is 39.1 Å². The number of nitrogens with zero attached hydrogens (tertiary/aromatic N) is 1. The Morgan fingerprint density at radius 2 is 2.33 bits per heavy atom. The zero-order valence-corrected chi connectivity index (χ0v) is 11.0. The molecule has 0 saturated carbocycles. The second-order valence-electron chi connectivity index (χ2n) is 4.33. The van der Waals surface area contributed by atoms with Crippen molar-refractivity contribution in [1.82, 2.24) is 4.90 Å². The van der Waals surface area contributed by atoms with E-state index in [0.29, 0.717) is 0 Å². The van der Waals surface area contributed by atoms with Gasteiger partial charge in [-0.15, -0.1) is 0 Å². The van der Waals surface area contributed by atoms with E-state index in [1.54, 1.807) is 7.11 Å². The Labute approximate surface area is 97.7 Å². The molecule has 1 aliphatic heterocycles. The predicted molar refractivity (Wildman–Crippen MR) is 67.4 cm³/mol. The summed E-state index contributed by atoms with van der Waals surface area (Å²) < 4.78 is 5.16. The third-order valence-electron chi connectivity index (χ3n) is 3.30. The predicted octanol–water partition coefficient (Wildman–Crippen LogP) is 1.18. The first kappa shape index (κ1) is 13.3. The molecule has 1 aliphatic rings. The Morgan fingerprint density at radius 1 is 1.60 bits per heavy atom. The van der Waals surface area contributed by atoms with Crippen molar-refractivity contribution in [2.45, 2.75) is 31.1 Å². The van der Waals surface area contributed by atoms with Crippen LogP contribution >= 0.6 is 11.8 Å². The fraction of sp³-hybridized carbons (Fsp3) is 1.00. The number of thioether (sulfide) groups is 1. The molecule has 1 heterocycles. The minimum Gasteiger partial charge on any atom is -0.383 e. The molecular weight excluding hydrogens is 208 g/mol.